The highest BCUT2D eigenvalue weighted by molar-refractivity contribution is 7.89. The lowest BCUT2D eigenvalue weighted by molar-refractivity contribution is -0.126. The molecule has 26 heavy (non-hydrogen) atoms. The monoisotopic (exact) mass is 418 g/mol. The summed E-state index contributed by atoms with van der Waals surface area (Å²) in [5.41, 5.74) is 0. The number of piperidine rings is 1. The lowest BCUT2D eigenvalue weighted by Crippen LogP contribution is -2.50. The Kier molecular flexibility index (Phi) is 6.49. The zero-order valence-electron chi connectivity index (χ0n) is 14.6. The second-order valence-corrected chi connectivity index (χ2v) is 9.87. The molecule has 5 nitrogen and oxygen atoms in total. The first-order valence-corrected chi connectivity index (χ1v) is 11.3. The lowest BCUT2D eigenvalue weighted by atomic mass is 9.88. The third kappa shape index (κ3) is 4.53. The molecule has 1 aliphatic carbocycles. The molecule has 1 amide bonds. The van der Waals surface area contributed by atoms with E-state index in [9.17, 15) is 13.2 Å². The molecule has 1 saturated heterocycles. The fraction of sp³-hybridized carbons (Fsp3) is 0.611. The number of benzene rings is 1. The molecular weight excluding hydrogens is 395 g/mol. The molecular formula is C18H24Cl2N2O3S. The zero-order chi connectivity index (χ0) is 18.7. The minimum absolute atomic E-state index is 0.0194. The topological polar surface area (TPSA) is 66.5 Å². The van der Waals surface area contributed by atoms with Gasteiger partial charge in [0.1, 0.15) is 4.90 Å². The molecule has 3 rings (SSSR count). The maximum Gasteiger partial charge on any atom is 0.244 e. The highest BCUT2D eigenvalue weighted by Gasteiger charge is 2.33. The van der Waals surface area contributed by atoms with E-state index < -0.39 is 10.0 Å². The van der Waals surface area contributed by atoms with Crippen molar-refractivity contribution in [3.8, 4) is 0 Å². The molecule has 0 bridgehead atoms. The molecule has 144 valence electrons. The van der Waals surface area contributed by atoms with Gasteiger partial charge in [-0.05, 0) is 43.9 Å². The van der Waals surface area contributed by atoms with Crippen LogP contribution in [0.2, 0.25) is 10.0 Å². The van der Waals surface area contributed by atoms with E-state index >= 15 is 0 Å². The van der Waals surface area contributed by atoms with E-state index in [1.165, 1.54) is 22.9 Å². The Labute approximate surface area is 165 Å². The summed E-state index contributed by atoms with van der Waals surface area (Å²) in [5.74, 6) is 0.132. The van der Waals surface area contributed by atoms with Crippen LogP contribution in [-0.4, -0.2) is 37.8 Å². The molecule has 1 aromatic rings. The molecule has 1 atom stereocenters. The van der Waals surface area contributed by atoms with Gasteiger partial charge >= 0.3 is 0 Å². The van der Waals surface area contributed by atoms with Gasteiger partial charge in [-0.15, -0.1) is 0 Å². The van der Waals surface area contributed by atoms with Gasteiger partial charge in [-0.25, -0.2) is 8.42 Å². The van der Waals surface area contributed by atoms with Gasteiger partial charge in [0.15, 0.2) is 0 Å². The Balaban J connectivity index is 1.69. The first-order valence-electron chi connectivity index (χ1n) is 9.13. The summed E-state index contributed by atoms with van der Waals surface area (Å²) in [7, 11) is -3.74. The van der Waals surface area contributed by atoms with Gasteiger partial charge in [0.2, 0.25) is 15.9 Å². The van der Waals surface area contributed by atoms with Crippen molar-refractivity contribution in [1.82, 2.24) is 9.62 Å². The van der Waals surface area contributed by atoms with Crippen LogP contribution in [0.4, 0.5) is 0 Å². The van der Waals surface area contributed by atoms with Crippen LogP contribution in [0.25, 0.3) is 0 Å². The fourth-order valence-electron chi connectivity index (χ4n) is 3.78. The van der Waals surface area contributed by atoms with Crippen molar-refractivity contribution in [2.45, 2.75) is 55.9 Å². The predicted molar refractivity (Wildman–Crippen MR) is 103 cm³/mol. The first kappa shape index (κ1) is 19.9. The quantitative estimate of drug-likeness (QED) is 0.807. The number of rotatable bonds is 4. The van der Waals surface area contributed by atoms with Crippen LogP contribution >= 0.6 is 23.2 Å². The Morgan fingerprint density at radius 3 is 2.54 bits per heavy atom. The van der Waals surface area contributed by atoms with Crippen LogP contribution in [-0.2, 0) is 14.8 Å². The smallest absolute Gasteiger partial charge is 0.244 e. The number of hydrogen-bond acceptors (Lipinski definition) is 3. The molecule has 1 saturated carbocycles. The molecule has 0 unspecified atom stereocenters. The Hall–Kier alpha value is -0.820. The molecule has 1 aromatic carbocycles. The second-order valence-electron chi connectivity index (χ2n) is 7.12. The SMILES string of the molecule is O=C(N[C@H]1CCCN(S(=O)(=O)c2cc(Cl)ccc2Cl)C1)C1CCCCC1. The van der Waals surface area contributed by atoms with Gasteiger partial charge in [0.05, 0.1) is 5.02 Å². The summed E-state index contributed by atoms with van der Waals surface area (Å²) in [5, 5.41) is 3.55. The van der Waals surface area contributed by atoms with E-state index in [4.69, 9.17) is 23.2 Å². The van der Waals surface area contributed by atoms with E-state index in [0.717, 1.165) is 32.1 Å². The number of carbonyl (C=O) groups is 1. The van der Waals surface area contributed by atoms with Gasteiger partial charge in [0, 0.05) is 30.1 Å². The molecule has 1 aliphatic heterocycles. The maximum atomic E-state index is 13.0. The van der Waals surface area contributed by atoms with Crippen molar-refractivity contribution >= 4 is 39.1 Å². The van der Waals surface area contributed by atoms with Crippen molar-refractivity contribution < 1.29 is 13.2 Å². The van der Waals surface area contributed by atoms with Crippen LogP contribution in [0.1, 0.15) is 44.9 Å². The zero-order valence-corrected chi connectivity index (χ0v) is 16.9. The summed E-state index contributed by atoms with van der Waals surface area (Å²) in [4.78, 5) is 12.5. The van der Waals surface area contributed by atoms with Gasteiger partial charge in [-0.1, -0.05) is 42.5 Å². The minimum atomic E-state index is -3.74. The first-order chi connectivity index (χ1) is 12.4. The molecule has 2 fully saturated rings. The third-order valence-corrected chi connectivity index (χ3v) is 7.80. The van der Waals surface area contributed by atoms with Crippen molar-refractivity contribution in [2.75, 3.05) is 13.1 Å². The largest absolute Gasteiger partial charge is 0.352 e. The van der Waals surface area contributed by atoms with Gasteiger partial charge in [-0.2, -0.15) is 4.31 Å². The highest BCUT2D eigenvalue weighted by Crippen LogP contribution is 2.30. The summed E-state index contributed by atoms with van der Waals surface area (Å²) in [6, 6.07) is 4.27. The van der Waals surface area contributed by atoms with Crippen LogP contribution in [0, 0.1) is 5.92 Å². The molecule has 1 heterocycles. The van der Waals surface area contributed by atoms with Crippen LogP contribution in [0.15, 0.2) is 23.1 Å². The molecule has 0 spiro atoms. The lowest BCUT2D eigenvalue weighted by Gasteiger charge is -2.33. The van der Waals surface area contributed by atoms with E-state index in [0.29, 0.717) is 18.0 Å². The number of halogens is 2. The second kappa shape index (κ2) is 8.46. The number of amides is 1. The van der Waals surface area contributed by atoms with Crippen molar-refractivity contribution in [1.29, 1.82) is 0 Å². The van der Waals surface area contributed by atoms with Gasteiger partial charge < -0.3 is 5.32 Å². The highest BCUT2D eigenvalue weighted by atomic mass is 35.5. The average molecular weight is 419 g/mol. The number of hydrogen-bond donors (Lipinski definition) is 1. The van der Waals surface area contributed by atoms with E-state index in [2.05, 4.69) is 5.32 Å². The van der Waals surface area contributed by atoms with Gasteiger partial charge in [-0.3, -0.25) is 4.79 Å². The molecule has 8 heteroatoms. The van der Waals surface area contributed by atoms with Crippen LogP contribution in [0.3, 0.4) is 0 Å². The van der Waals surface area contributed by atoms with Crippen molar-refractivity contribution in [3.05, 3.63) is 28.2 Å². The Morgan fingerprint density at radius 1 is 1.08 bits per heavy atom. The van der Waals surface area contributed by atoms with Gasteiger partial charge in [0.25, 0.3) is 0 Å². The Bertz CT molecular complexity index is 764. The Morgan fingerprint density at radius 2 is 1.81 bits per heavy atom. The number of nitrogens with zero attached hydrogens (tertiary/aromatic N) is 1. The third-order valence-electron chi connectivity index (χ3n) is 5.22. The fourth-order valence-corrected chi connectivity index (χ4v) is 6.04. The normalized spacial score (nSPS) is 22.9. The number of sulfonamides is 1. The molecule has 0 radical (unpaired) electrons. The molecule has 1 N–H and O–H groups in total. The van der Waals surface area contributed by atoms with Crippen LogP contribution in [0.5, 0.6) is 0 Å². The number of nitrogens with one attached hydrogen (secondary N) is 1. The average Bonchev–Trinajstić information content (AvgIpc) is 2.64. The van der Waals surface area contributed by atoms with Crippen molar-refractivity contribution in [3.63, 3.8) is 0 Å². The van der Waals surface area contributed by atoms with Crippen LogP contribution < -0.4 is 5.32 Å². The summed E-state index contributed by atoms with van der Waals surface area (Å²) >= 11 is 12.0. The minimum Gasteiger partial charge on any atom is -0.352 e. The standard InChI is InChI=1S/C18H24Cl2N2O3S/c19-14-8-9-16(20)17(11-14)26(24,25)22-10-4-7-15(12-22)21-18(23)13-5-2-1-3-6-13/h8-9,11,13,15H,1-7,10,12H2,(H,21,23)/t15-/m0/s1. The maximum absolute atomic E-state index is 13.0. The van der Waals surface area contributed by atoms with E-state index in [1.54, 1.807) is 6.07 Å². The number of carbonyl (C=O) groups excluding carboxylic acids is 1. The van der Waals surface area contributed by atoms with E-state index in [1.807, 2.05) is 0 Å². The predicted octanol–water partition coefficient (Wildman–Crippen LogP) is 3.84. The molecule has 0 aromatic heterocycles. The van der Waals surface area contributed by atoms with Crippen molar-refractivity contribution in [2.24, 2.45) is 5.92 Å². The van der Waals surface area contributed by atoms with E-state index in [-0.39, 0.29) is 34.3 Å². The molecule has 2 aliphatic rings. The summed E-state index contributed by atoms with van der Waals surface area (Å²) < 4.78 is 27.3. The summed E-state index contributed by atoms with van der Waals surface area (Å²) in [6.07, 6.45) is 6.73. The summed E-state index contributed by atoms with van der Waals surface area (Å²) in [6.45, 7) is 0.685.